The van der Waals surface area contributed by atoms with Crippen molar-refractivity contribution in [3.05, 3.63) is 60.2 Å². The number of carbonyl (C=O) groups is 1. The normalized spacial score (nSPS) is 12.7. The van der Waals surface area contributed by atoms with Gasteiger partial charge in [-0.05, 0) is 36.5 Å². The number of nitrogens with zero attached hydrogens (tertiary/aromatic N) is 1. The zero-order chi connectivity index (χ0) is 18.1. The first kappa shape index (κ1) is 18.6. The van der Waals surface area contributed by atoms with Gasteiger partial charge in [-0.25, -0.2) is 9.79 Å². The molecule has 0 heterocycles. The molecular weight excluding hydrogens is 314 g/mol. The van der Waals surface area contributed by atoms with Crippen LogP contribution in [0.25, 0.3) is 11.1 Å². The molecule has 0 radical (unpaired) electrons. The van der Waals surface area contributed by atoms with Crippen molar-refractivity contribution in [2.45, 2.75) is 32.7 Å². The van der Waals surface area contributed by atoms with Crippen LogP contribution in [0.1, 0.15) is 25.8 Å². The van der Waals surface area contributed by atoms with E-state index in [9.17, 15) is 9.59 Å². The first-order chi connectivity index (χ1) is 12.1. The molecule has 0 amide bonds. The first-order valence-electron chi connectivity index (χ1n) is 8.52. The topological polar surface area (TPSA) is 55.7 Å². The minimum atomic E-state index is -0.300. The molecule has 25 heavy (non-hydrogen) atoms. The summed E-state index contributed by atoms with van der Waals surface area (Å²) in [7, 11) is 0. The molecular formula is C21H23NO3. The molecule has 0 saturated heterocycles. The van der Waals surface area contributed by atoms with Crippen LogP contribution in [0.4, 0.5) is 0 Å². The van der Waals surface area contributed by atoms with Gasteiger partial charge in [0.25, 0.3) is 0 Å². The van der Waals surface area contributed by atoms with Crippen molar-refractivity contribution in [1.82, 2.24) is 0 Å². The summed E-state index contributed by atoms with van der Waals surface area (Å²) in [6.07, 6.45) is 2.68. The molecule has 0 fully saturated rings. The Morgan fingerprint density at radius 3 is 2.32 bits per heavy atom. The summed E-state index contributed by atoms with van der Waals surface area (Å²) >= 11 is 0. The van der Waals surface area contributed by atoms with Crippen LogP contribution >= 0.6 is 0 Å². The third-order valence-electron chi connectivity index (χ3n) is 4.08. The zero-order valence-electron chi connectivity index (χ0n) is 14.6. The molecule has 2 aromatic carbocycles. The number of esters is 1. The lowest BCUT2D eigenvalue weighted by atomic mass is 9.95. The third kappa shape index (κ3) is 5.70. The number of hydrogen-bond donors (Lipinski definition) is 0. The molecule has 0 N–H and O–H groups in total. The molecule has 4 heteroatoms. The van der Waals surface area contributed by atoms with Gasteiger partial charge in [0, 0.05) is 0 Å². The molecule has 130 valence electrons. The van der Waals surface area contributed by atoms with Gasteiger partial charge in [0.2, 0.25) is 6.08 Å². The van der Waals surface area contributed by atoms with Gasteiger partial charge in [0.05, 0.1) is 18.6 Å². The van der Waals surface area contributed by atoms with Crippen molar-refractivity contribution in [2.75, 3.05) is 6.61 Å². The van der Waals surface area contributed by atoms with Gasteiger partial charge in [-0.3, -0.25) is 4.79 Å². The van der Waals surface area contributed by atoms with Crippen molar-refractivity contribution in [1.29, 1.82) is 0 Å². The van der Waals surface area contributed by atoms with Crippen molar-refractivity contribution >= 4 is 12.0 Å². The highest BCUT2D eigenvalue weighted by atomic mass is 16.5. The molecule has 0 spiro atoms. The molecule has 0 aliphatic carbocycles. The maximum absolute atomic E-state index is 11.8. The van der Waals surface area contributed by atoms with Crippen LogP contribution in [0.5, 0.6) is 0 Å². The van der Waals surface area contributed by atoms with Gasteiger partial charge in [-0.1, -0.05) is 61.5 Å². The Morgan fingerprint density at radius 1 is 1.08 bits per heavy atom. The Bertz CT molecular complexity index is 719. The summed E-state index contributed by atoms with van der Waals surface area (Å²) in [5.74, 6) is -0.557. The molecule has 4 nitrogen and oxygen atoms in total. The summed E-state index contributed by atoms with van der Waals surface area (Å²) in [6.45, 7) is 3.93. The predicted molar refractivity (Wildman–Crippen MR) is 97.9 cm³/mol. The van der Waals surface area contributed by atoms with E-state index in [1.54, 1.807) is 19.9 Å². The highest BCUT2D eigenvalue weighted by molar-refractivity contribution is 5.72. The van der Waals surface area contributed by atoms with Crippen molar-refractivity contribution in [3.63, 3.8) is 0 Å². The fourth-order valence-corrected chi connectivity index (χ4v) is 2.78. The highest BCUT2D eigenvalue weighted by Crippen LogP contribution is 2.21. The minimum absolute atomic E-state index is 0.256. The lowest BCUT2D eigenvalue weighted by molar-refractivity contribution is -0.147. The SMILES string of the molecule is CCOC(=O)C(C)CC(Cc1ccc(-c2ccccc2)cc1)N=C=O. The molecule has 0 bridgehead atoms. The molecule has 0 aliphatic rings. The minimum Gasteiger partial charge on any atom is -0.466 e. The van der Waals surface area contributed by atoms with E-state index in [1.165, 1.54) is 0 Å². The lowest BCUT2D eigenvalue weighted by Gasteiger charge is -2.16. The zero-order valence-corrected chi connectivity index (χ0v) is 14.6. The molecule has 2 aromatic rings. The van der Waals surface area contributed by atoms with E-state index in [0.29, 0.717) is 19.4 Å². The van der Waals surface area contributed by atoms with E-state index < -0.39 is 0 Å². The van der Waals surface area contributed by atoms with E-state index in [4.69, 9.17) is 4.74 Å². The Balaban J connectivity index is 2.04. The highest BCUT2D eigenvalue weighted by Gasteiger charge is 2.20. The quantitative estimate of drug-likeness (QED) is 0.412. The summed E-state index contributed by atoms with van der Waals surface area (Å²) in [5.41, 5.74) is 3.37. The van der Waals surface area contributed by atoms with Crippen LogP contribution in [0.2, 0.25) is 0 Å². The van der Waals surface area contributed by atoms with E-state index in [1.807, 2.05) is 30.3 Å². The maximum atomic E-state index is 11.8. The standard InChI is InChI=1S/C21H23NO3/c1-3-25-21(24)16(2)13-20(22-15-23)14-17-9-11-19(12-10-17)18-7-5-4-6-8-18/h4-12,16,20H,3,13-14H2,1-2H3. The smallest absolute Gasteiger partial charge is 0.308 e. The second kappa shape index (κ2) is 9.55. The van der Waals surface area contributed by atoms with Crippen LogP contribution in [0.3, 0.4) is 0 Å². The molecule has 2 atom stereocenters. The monoisotopic (exact) mass is 337 g/mol. The summed E-state index contributed by atoms with van der Waals surface area (Å²) in [6, 6.07) is 18.0. The second-order valence-corrected chi connectivity index (χ2v) is 6.03. The third-order valence-corrected chi connectivity index (χ3v) is 4.08. The van der Waals surface area contributed by atoms with Gasteiger partial charge in [0.15, 0.2) is 0 Å². The number of aliphatic imine (C=N–C) groups is 1. The van der Waals surface area contributed by atoms with Crippen LogP contribution in [-0.4, -0.2) is 24.7 Å². The Hall–Kier alpha value is -2.71. The number of ether oxygens (including phenoxy) is 1. The molecule has 0 aliphatic heterocycles. The average Bonchev–Trinajstić information content (AvgIpc) is 2.63. The fourth-order valence-electron chi connectivity index (χ4n) is 2.78. The van der Waals surface area contributed by atoms with Crippen LogP contribution in [-0.2, 0) is 20.7 Å². The van der Waals surface area contributed by atoms with Gasteiger partial charge in [-0.15, -0.1) is 0 Å². The van der Waals surface area contributed by atoms with E-state index in [-0.39, 0.29) is 17.9 Å². The van der Waals surface area contributed by atoms with Crippen molar-refractivity contribution in [3.8, 4) is 11.1 Å². The van der Waals surface area contributed by atoms with E-state index >= 15 is 0 Å². The fraction of sp³-hybridized carbons (Fsp3) is 0.333. The van der Waals surface area contributed by atoms with Gasteiger partial charge < -0.3 is 4.74 Å². The second-order valence-electron chi connectivity index (χ2n) is 6.03. The number of rotatable bonds is 8. The molecule has 0 saturated carbocycles. The number of carbonyl (C=O) groups excluding carboxylic acids is 2. The number of hydrogen-bond acceptors (Lipinski definition) is 4. The summed E-state index contributed by atoms with van der Waals surface area (Å²) in [5, 5.41) is 0. The van der Waals surface area contributed by atoms with Crippen LogP contribution < -0.4 is 0 Å². The largest absolute Gasteiger partial charge is 0.466 e. The molecule has 0 aromatic heterocycles. The number of isocyanates is 1. The van der Waals surface area contributed by atoms with Crippen LogP contribution in [0.15, 0.2) is 59.6 Å². The first-order valence-corrected chi connectivity index (χ1v) is 8.52. The van der Waals surface area contributed by atoms with Gasteiger partial charge in [0.1, 0.15) is 0 Å². The van der Waals surface area contributed by atoms with Crippen molar-refractivity contribution < 1.29 is 14.3 Å². The maximum Gasteiger partial charge on any atom is 0.308 e. The van der Waals surface area contributed by atoms with E-state index in [2.05, 4.69) is 29.3 Å². The summed E-state index contributed by atoms with van der Waals surface area (Å²) < 4.78 is 5.02. The number of benzene rings is 2. The van der Waals surface area contributed by atoms with Gasteiger partial charge >= 0.3 is 5.97 Å². The molecule has 2 rings (SSSR count). The van der Waals surface area contributed by atoms with Crippen LogP contribution in [0, 0.1) is 5.92 Å². The predicted octanol–water partition coefficient (Wildman–Crippen LogP) is 4.19. The van der Waals surface area contributed by atoms with Crippen molar-refractivity contribution in [2.24, 2.45) is 10.9 Å². The Kier molecular flexibility index (Phi) is 7.12. The Labute approximate surface area is 148 Å². The summed E-state index contributed by atoms with van der Waals surface area (Å²) in [4.78, 5) is 26.4. The van der Waals surface area contributed by atoms with Gasteiger partial charge in [-0.2, -0.15) is 0 Å². The average molecular weight is 337 g/mol. The lowest BCUT2D eigenvalue weighted by Crippen LogP contribution is -2.21. The van der Waals surface area contributed by atoms with E-state index in [0.717, 1.165) is 16.7 Å². The Morgan fingerprint density at radius 2 is 1.72 bits per heavy atom. The molecule has 2 unspecified atom stereocenters.